The molecule has 0 bridgehead atoms. The lowest BCUT2D eigenvalue weighted by atomic mass is 10.1. The molecule has 23 heavy (non-hydrogen) atoms. The van der Waals surface area contributed by atoms with E-state index in [0.29, 0.717) is 25.1 Å². The summed E-state index contributed by atoms with van der Waals surface area (Å²) < 4.78 is 0. The first-order valence-electron chi connectivity index (χ1n) is 7.88. The second kappa shape index (κ2) is 6.65. The number of nitrogens with one attached hydrogen (secondary N) is 1. The zero-order valence-corrected chi connectivity index (χ0v) is 13.2. The molecule has 1 aliphatic rings. The Bertz CT molecular complexity index is 722. The fourth-order valence-electron chi connectivity index (χ4n) is 2.80. The first kappa shape index (κ1) is 15.3. The van der Waals surface area contributed by atoms with Gasteiger partial charge in [-0.05, 0) is 31.0 Å². The lowest BCUT2D eigenvalue weighted by molar-refractivity contribution is -0.117. The number of benzene rings is 2. The summed E-state index contributed by atoms with van der Waals surface area (Å²) in [4.78, 5) is 26.0. The Labute approximate surface area is 136 Å². The maximum Gasteiger partial charge on any atom is 0.228 e. The van der Waals surface area contributed by atoms with E-state index < -0.39 is 0 Å². The molecule has 4 heteroatoms. The van der Waals surface area contributed by atoms with Gasteiger partial charge in [0.05, 0.1) is 17.8 Å². The van der Waals surface area contributed by atoms with Gasteiger partial charge in [0.1, 0.15) is 0 Å². The normalized spacial score (nSPS) is 14.1. The van der Waals surface area contributed by atoms with Crippen LogP contribution in [0.4, 0.5) is 11.4 Å². The lowest BCUT2D eigenvalue weighted by Crippen LogP contribution is -2.25. The maximum atomic E-state index is 12.3. The van der Waals surface area contributed by atoms with Crippen LogP contribution in [0.1, 0.15) is 24.0 Å². The summed E-state index contributed by atoms with van der Waals surface area (Å²) in [7, 11) is 0. The van der Waals surface area contributed by atoms with Gasteiger partial charge in [0.2, 0.25) is 11.8 Å². The van der Waals surface area contributed by atoms with Crippen LogP contribution in [-0.2, 0) is 16.0 Å². The summed E-state index contributed by atoms with van der Waals surface area (Å²) in [6.07, 6.45) is 1.76. The van der Waals surface area contributed by atoms with Crippen molar-refractivity contribution in [3.8, 4) is 0 Å². The maximum absolute atomic E-state index is 12.3. The topological polar surface area (TPSA) is 49.4 Å². The van der Waals surface area contributed by atoms with E-state index in [-0.39, 0.29) is 11.8 Å². The van der Waals surface area contributed by atoms with Crippen molar-refractivity contribution in [1.29, 1.82) is 0 Å². The Morgan fingerprint density at radius 3 is 2.57 bits per heavy atom. The first-order chi connectivity index (χ1) is 11.1. The average Bonchev–Trinajstić information content (AvgIpc) is 2.96. The molecule has 0 unspecified atom stereocenters. The van der Waals surface area contributed by atoms with Crippen LogP contribution in [0.2, 0.25) is 0 Å². The summed E-state index contributed by atoms with van der Waals surface area (Å²) in [5.74, 6) is 0.0400. The highest BCUT2D eigenvalue weighted by Gasteiger charge is 2.24. The molecule has 0 atom stereocenters. The minimum atomic E-state index is -0.0760. The largest absolute Gasteiger partial charge is 0.324 e. The zero-order chi connectivity index (χ0) is 16.2. The van der Waals surface area contributed by atoms with Crippen LogP contribution in [0.5, 0.6) is 0 Å². The lowest BCUT2D eigenvalue weighted by Gasteiger charge is -2.20. The monoisotopic (exact) mass is 308 g/mol. The van der Waals surface area contributed by atoms with E-state index >= 15 is 0 Å². The van der Waals surface area contributed by atoms with Gasteiger partial charge in [-0.1, -0.05) is 42.0 Å². The van der Waals surface area contributed by atoms with Gasteiger partial charge < -0.3 is 10.2 Å². The van der Waals surface area contributed by atoms with E-state index in [1.165, 1.54) is 5.56 Å². The van der Waals surface area contributed by atoms with Gasteiger partial charge >= 0.3 is 0 Å². The van der Waals surface area contributed by atoms with Gasteiger partial charge in [0.15, 0.2) is 0 Å². The molecule has 0 radical (unpaired) electrons. The Hall–Kier alpha value is -2.62. The Kier molecular flexibility index (Phi) is 4.42. The highest BCUT2D eigenvalue weighted by molar-refractivity contribution is 6.02. The molecule has 4 nitrogen and oxygen atoms in total. The molecule has 118 valence electrons. The third-order valence-electron chi connectivity index (χ3n) is 4.03. The summed E-state index contributed by atoms with van der Waals surface area (Å²) >= 11 is 0. The van der Waals surface area contributed by atoms with E-state index in [0.717, 1.165) is 17.7 Å². The van der Waals surface area contributed by atoms with Gasteiger partial charge in [0.25, 0.3) is 0 Å². The van der Waals surface area contributed by atoms with E-state index in [1.54, 1.807) is 4.90 Å². The Morgan fingerprint density at radius 1 is 1.13 bits per heavy atom. The number of rotatable bonds is 4. The van der Waals surface area contributed by atoms with Crippen LogP contribution in [0.15, 0.2) is 48.5 Å². The molecule has 0 saturated carbocycles. The summed E-state index contributed by atoms with van der Waals surface area (Å²) in [5, 5.41) is 2.94. The van der Waals surface area contributed by atoms with E-state index in [2.05, 4.69) is 5.32 Å². The molecule has 1 aliphatic heterocycles. The van der Waals surface area contributed by atoms with Gasteiger partial charge in [-0.15, -0.1) is 0 Å². The minimum Gasteiger partial charge on any atom is -0.324 e. The molecule has 0 aromatic heterocycles. The zero-order valence-electron chi connectivity index (χ0n) is 13.2. The summed E-state index contributed by atoms with van der Waals surface area (Å²) in [6.45, 7) is 2.73. The van der Waals surface area contributed by atoms with Crippen molar-refractivity contribution in [3.05, 3.63) is 59.7 Å². The molecule has 1 heterocycles. The number of hydrogen-bond donors (Lipinski definition) is 1. The fraction of sp³-hybridized carbons (Fsp3) is 0.263. The van der Waals surface area contributed by atoms with Gasteiger partial charge in [-0.2, -0.15) is 0 Å². The molecule has 0 aliphatic carbocycles. The minimum absolute atomic E-state index is 0.0760. The van der Waals surface area contributed by atoms with Crippen LogP contribution in [-0.4, -0.2) is 18.4 Å². The van der Waals surface area contributed by atoms with Gasteiger partial charge in [0, 0.05) is 13.0 Å². The van der Waals surface area contributed by atoms with Crippen LogP contribution < -0.4 is 10.2 Å². The van der Waals surface area contributed by atoms with Crippen LogP contribution in [0.3, 0.4) is 0 Å². The molecular formula is C19H20N2O2. The van der Waals surface area contributed by atoms with Crippen molar-refractivity contribution >= 4 is 23.2 Å². The van der Waals surface area contributed by atoms with Crippen LogP contribution >= 0.6 is 0 Å². The highest BCUT2D eigenvalue weighted by Crippen LogP contribution is 2.29. The summed E-state index contributed by atoms with van der Waals surface area (Å²) in [6, 6.07) is 15.4. The van der Waals surface area contributed by atoms with E-state index in [1.807, 2.05) is 55.5 Å². The Balaban J connectivity index is 1.73. The molecule has 2 amide bonds. The molecule has 3 rings (SSSR count). The highest BCUT2D eigenvalue weighted by atomic mass is 16.2. The third kappa shape index (κ3) is 3.59. The van der Waals surface area contributed by atoms with Crippen molar-refractivity contribution in [2.75, 3.05) is 16.8 Å². The van der Waals surface area contributed by atoms with Crippen LogP contribution in [0, 0.1) is 6.92 Å². The SMILES string of the molecule is Cc1ccc(CC(=O)Nc2ccccc2N2CCCC2=O)cc1. The van der Waals surface area contributed by atoms with E-state index in [4.69, 9.17) is 0 Å². The summed E-state index contributed by atoms with van der Waals surface area (Å²) in [5.41, 5.74) is 3.63. The van der Waals surface area contributed by atoms with Crippen LogP contribution in [0.25, 0.3) is 0 Å². The number of hydrogen-bond acceptors (Lipinski definition) is 2. The fourth-order valence-corrected chi connectivity index (χ4v) is 2.80. The van der Waals surface area contributed by atoms with Gasteiger partial charge in [-0.3, -0.25) is 9.59 Å². The van der Waals surface area contributed by atoms with Crippen molar-refractivity contribution in [2.24, 2.45) is 0 Å². The quantitative estimate of drug-likeness (QED) is 0.942. The van der Waals surface area contributed by atoms with Crippen molar-refractivity contribution in [2.45, 2.75) is 26.2 Å². The predicted octanol–water partition coefficient (Wildman–Crippen LogP) is 3.30. The molecular weight excluding hydrogens is 288 g/mol. The number of amides is 2. The molecule has 1 N–H and O–H groups in total. The predicted molar refractivity (Wildman–Crippen MR) is 91.5 cm³/mol. The number of anilines is 2. The number of nitrogens with zero attached hydrogens (tertiary/aromatic N) is 1. The number of para-hydroxylation sites is 2. The van der Waals surface area contributed by atoms with E-state index in [9.17, 15) is 9.59 Å². The average molecular weight is 308 g/mol. The second-order valence-electron chi connectivity index (χ2n) is 5.88. The van der Waals surface area contributed by atoms with Gasteiger partial charge in [-0.25, -0.2) is 0 Å². The Morgan fingerprint density at radius 2 is 1.87 bits per heavy atom. The standard InChI is InChI=1S/C19H20N2O2/c1-14-8-10-15(11-9-14)13-18(22)20-16-5-2-3-6-17(16)21-12-4-7-19(21)23/h2-3,5-6,8-11H,4,7,12-13H2,1H3,(H,20,22). The van der Waals surface area contributed by atoms with Crippen molar-refractivity contribution in [3.63, 3.8) is 0 Å². The number of carbonyl (C=O) groups is 2. The number of carbonyl (C=O) groups excluding carboxylic acids is 2. The van der Waals surface area contributed by atoms with Crippen molar-refractivity contribution < 1.29 is 9.59 Å². The molecule has 2 aromatic rings. The first-order valence-corrected chi connectivity index (χ1v) is 7.88. The third-order valence-corrected chi connectivity index (χ3v) is 4.03. The number of aryl methyl sites for hydroxylation is 1. The molecule has 2 aromatic carbocycles. The molecule has 1 saturated heterocycles. The second-order valence-corrected chi connectivity index (χ2v) is 5.88. The molecule has 0 spiro atoms. The molecule has 1 fully saturated rings. The van der Waals surface area contributed by atoms with Crippen molar-refractivity contribution in [1.82, 2.24) is 0 Å². The smallest absolute Gasteiger partial charge is 0.228 e.